The van der Waals surface area contributed by atoms with Crippen molar-refractivity contribution in [2.75, 3.05) is 18.8 Å². The minimum Gasteiger partial charge on any atom is -0.301 e. The molecule has 0 rings (SSSR count). The molecule has 86 valence electrons. The van der Waals surface area contributed by atoms with Crippen LogP contribution < -0.4 is 0 Å². The molecule has 1 nitrogen and oxygen atoms in total. The predicted molar refractivity (Wildman–Crippen MR) is 69.3 cm³/mol. The second kappa shape index (κ2) is 6.73. The molecule has 0 N–H and O–H groups in total. The van der Waals surface area contributed by atoms with Crippen molar-refractivity contribution in [1.82, 2.24) is 4.90 Å². The van der Waals surface area contributed by atoms with Gasteiger partial charge < -0.3 is 4.90 Å². The first-order chi connectivity index (χ1) is 6.55. The molecule has 0 aromatic heterocycles. The second-order valence-electron chi connectivity index (χ2n) is 4.52. The van der Waals surface area contributed by atoms with Crippen molar-refractivity contribution in [2.45, 2.75) is 53.5 Å². The van der Waals surface area contributed by atoms with Crippen LogP contribution in [0.5, 0.6) is 0 Å². The van der Waals surface area contributed by atoms with Crippen molar-refractivity contribution in [3.63, 3.8) is 0 Å². The summed E-state index contributed by atoms with van der Waals surface area (Å²) in [7, 11) is 0. The van der Waals surface area contributed by atoms with Crippen molar-refractivity contribution in [3.8, 4) is 0 Å². The third-order valence-corrected chi connectivity index (χ3v) is 4.18. The van der Waals surface area contributed by atoms with Gasteiger partial charge in [-0.05, 0) is 44.4 Å². The fourth-order valence-corrected chi connectivity index (χ4v) is 2.38. The highest BCUT2D eigenvalue weighted by molar-refractivity contribution is 7.80. The quantitative estimate of drug-likeness (QED) is 0.639. The maximum atomic E-state index is 4.52. The largest absolute Gasteiger partial charge is 0.301 e. The number of hydrogen-bond acceptors (Lipinski definition) is 2. The lowest BCUT2D eigenvalue weighted by atomic mass is 9.83. The van der Waals surface area contributed by atoms with Gasteiger partial charge in [0.25, 0.3) is 0 Å². The molecule has 0 amide bonds. The Labute approximate surface area is 95.7 Å². The predicted octanol–water partition coefficient (Wildman–Crippen LogP) is 3.45. The highest BCUT2D eigenvalue weighted by Gasteiger charge is 2.27. The fourth-order valence-electron chi connectivity index (χ4n) is 1.84. The van der Waals surface area contributed by atoms with Gasteiger partial charge in [-0.15, -0.1) is 0 Å². The molecule has 0 saturated heterocycles. The van der Waals surface area contributed by atoms with Gasteiger partial charge in [0.05, 0.1) is 0 Å². The maximum absolute atomic E-state index is 4.52. The summed E-state index contributed by atoms with van der Waals surface area (Å²) in [5, 5.41) is 0. The molecule has 0 saturated carbocycles. The molecule has 0 atom stereocenters. The van der Waals surface area contributed by atoms with E-state index >= 15 is 0 Å². The summed E-state index contributed by atoms with van der Waals surface area (Å²) >= 11 is 4.52. The molecule has 0 heterocycles. The van der Waals surface area contributed by atoms with Gasteiger partial charge in [-0.25, -0.2) is 0 Å². The molecule has 2 heteroatoms. The number of nitrogens with zero attached hydrogens (tertiary/aromatic N) is 1. The van der Waals surface area contributed by atoms with Crippen LogP contribution >= 0.6 is 12.6 Å². The molecule has 0 fully saturated rings. The van der Waals surface area contributed by atoms with Crippen LogP contribution in [0.4, 0.5) is 0 Å². The Morgan fingerprint density at radius 3 is 1.86 bits per heavy atom. The molecule has 14 heavy (non-hydrogen) atoms. The third kappa shape index (κ3) is 3.82. The Kier molecular flexibility index (Phi) is 6.88. The van der Waals surface area contributed by atoms with Crippen LogP contribution in [-0.2, 0) is 0 Å². The van der Waals surface area contributed by atoms with Crippen molar-refractivity contribution < 1.29 is 0 Å². The van der Waals surface area contributed by atoms with Crippen LogP contribution in [0.3, 0.4) is 0 Å². The lowest BCUT2D eigenvalue weighted by Crippen LogP contribution is -2.42. The van der Waals surface area contributed by atoms with Gasteiger partial charge >= 0.3 is 0 Å². The summed E-state index contributed by atoms with van der Waals surface area (Å²) in [4.78, 5) is 2.54. The zero-order valence-electron chi connectivity index (χ0n) is 10.5. The summed E-state index contributed by atoms with van der Waals surface area (Å²) in [6.07, 6.45) is 2.46. The Bertz CT molecular complexity index is 133. The Balaban J connectivity index is 4.39. The number of hydrogen-bond donors (Lipinski definition) is 1. The zero-order chi connectivity index (χ0) is 11.2. The van der Waals surface area contributed by atoms with Crippen molar-refractivity contribution in [3.05, 3.63) is 0 Å². The lowest BCUT2D eigenvalue weighted by molar-refractivity contribution is 0.135. The van der Waals surface area contributed by atoms with Crippen LogP contribution in [0, 0.1) is 5.41 Å². The summed E-state index contributed by atoms with van der Waals surface area (Å²) < 4.78 is 0. The molecule has 0 aromatic carbocycles. The molecule has 0 aliphatic carbocycles. The van der Waals surface area contributed by atoms with E-state index in [4.69, 9.17) is 0 Å². The minimum atomic E-state index is 0.420. The van der Waals surface area contributed by atoms with Crippen LogP contribution in [0.1, 0.15) is 47.5 Å². The van der Waals surface area contributed by atoms with E-state index in [2.05, 4.69) is 52.1 Å². The molecular formula is C12H27NS. The van der Waals surface area contributed by atoms with Crippen LogP contribution in [0.25, 0.3) is 0 Å². The van der Waals surface area contributed by atoms with Crippen LogP contribution in [-0.4, -0.2) is 29.8 Å². The van der Waals surface area contributed by atoms with Gasteiger partial charge in [-0.3, -0.25) is 0 Å². The van der Waals surface area contributed by atoms with Crippen LogP contribution in [0.2, 0.25) is 0 Å². The third-order valence-electron chi connectivity index (χ3n) is 3.51. The molecule has 0 bridgehead atoms. The Morgan fingerprint density at radius 1 is 1.14 bits per heavy atom. The lowest BCUT2D eigenvalue weighted by Gasteiger charge is -2.37. The van der Waals surface area contributed by atoms with E-state index in [9.17, 15) is 0 Å². The van der Waals surface area contributed by atoms with Gasteiger partial charge in [0.2, 0.25) is 0 Å². The van der Waals surface area contributed by atoms with Gasteiger partial charge in [0.1, 0.15) is 0 Å². The fraction of sp³-hybridized carbons (Fsp3) is 1.00. The van der Waals surface area contributed by atoms with Crippen molar-refractivity contribution >= 4 is 12.6 Å². The van der Waals surface area contributed by atoms with E-state index in [-0.39, 0.29) is 0 Å². The van der Waals surface area contributed by atoms with E-state index in [1.54, 1.807) is 0 Å². The molecule has 0 aliphatic heterocycles. The molecule has 0 aromatic rings. The van der Waals surface area contributed by atoms with Crippen molar-refractivity contribution in [2.24, 2.45) is 5.41 Å². The van der Waals surface area contributed by atoms with E-state index in [0.717, 1.165) is 12.3 Å². The minimum absolute atomic E-state index is 0.420. The summed E-state index contributed by atoms with van der Waals surface area (Å²) in [6, 6.07) is 0.650. The molecular weight excluding hydrogens is 190 g/mol. The Hall–Kier alpha value is 0.310. The van der Waals surface area contributed by atoms with Crippen molar-refractivity contribution in [1.29, 1.82) is 0 Å². The standard InChI is InChI=1S/C12H27NS/c1-6-12(7-2,10-14)9-13(8-3)11(4)5/h11,14H,6-10H2,1-5H3. The summed E-state index contributed by atoms with van der Waals surface area (Å²) in [6.45, 7) is 13.7. The highest BCUT2D eigenvalue weighted by Crippen LogP contribution is 2.29. The van der Waals surface area contributed by atoms with Gasteiger partial charge in [0.15, 0.2) is 0 Å². The van der Waals surface area contributed by atoms with E-state index < -0.39 is 0 Å². The summed E-state index contributed by atoms with van der Waals surface area (Å²) in [5.74, 6) is 1.00. The Morgan fingerprint density at radius 2 is 1.64 bits per heavy atom. The highest BCUT2D eigenvalue weighted by atomic mass is 32.1. The smallest absolute Gasteiger partial charge is 0.00482 e. The average molecular weight is 217 g/mol. The first kappa shape index (κ1) is 14.3. The van der Waals surface area contributed by atoms with Gasteiger partial charge in [-0.2, -0.15) is 12.6 Å². The maximum Gasteiger partial charge on any atom is 0.00482 e. The zero-order valence-corrected chi connectivity index (χ0v) is 11.4. The molecule has 0 spiro atoms. The first-order valence-corrected chi connectivity index (χ1v) is 6.53. The number of thiol groups is 1. The van der Waals surface area contributed by atoms with E-state index in [1.165, 1.54) is 19.4 Å². The van der Waals surface area contributed by atoms with Crippen LogP contribution in [0.15, 0.2) is 0 Å². The van der Waals surface area contributed by atoms with Gasteiger partial charge in [0, 0.05) is 12.6 Å². The van der Waals surface area contributed by atoms with E-state index in [0.29, 0.717) is 11.5 Å². The second-order valence-corrected chi connectivity index (χ2v) is 4.84. The average Bonchev–Trinajstić information content (AvgIpc) is 2.20. The normalized spacial score (nSPS) is 12.9. The SMILES string of the molecule is CCN(CC(CC)(CC)CS)C(C)C. The molecule has 0 aliphatic rings. The molecule has 0 radical (unpaired) electrons. The monoisotopic (exact) mass is 217 g/mol. The van der Waals surface area contributed by atoms with Gasteiger partial charge in [-0.1, -0.05) is 20.8 Å². The van der Waals surface area contributed by atoms with E-state index in [1.807, 2.05) is 0 Å². The molecule has 0 unspecified atom stereocenters. The first-order valence-electron chi connectivity index (χ1n) is 5.90. The number of rotatable bonds is 7. The topological polar surface area (TPSA) is 3.24 Å². The summed E-state index contributed by atoms with van der Waals surface area (Å²) in [5.41, 5.74) is 0.420.